The first-order valence-corrected chi connectivity index (χ1v) is 12.2. The topological polar surface area (TPSA) is 195 Å². The molecular weight excluding hydrogens is 523 g/mol. The molecule has 0 fully saturated rings. The summed E-state index contributed by atoms with van der Waals surface area (Å²) in [5.74, 6) is -2.89. The predicted molar refractivity (Wildman–Crippen MR) is 117 cm³/mol. The molecule has 0 aromatic heterocycles. The highest BCUT2D eigenvalue weighted by Crippen LogP contribution is 2.59. The Balaban J connectivity index is 5.07. The van der Waals surface area contributed by atoms with E-state index in [-0.39, 0.29) is 72.7 Å². The molecule has 15 nitrogen and oxygen atoms in total. The number of rotatable bonds is 23. The lowest BCUT2D eigenvalue weighted by Crippen LogP contribution is -2.56. The Morgan fingerprint density at radius 1 is 0.829 bits per heavy atom. The summed E-state index contributed by atoms with van der Waals surface area (Å²) >= 11 is 5.14. The van der Waals surface area contributed by atoms with Crippen LogP contribution in [0.2, 0.25) is 0 Å². The molecule has 0 radical (unpaired) electrons. The van der Waals surface area contributed by atoms with Crippen LogP contribution < -0.4 is 0 Å². The summed E-state index contributed by atoms with van der Waals surface area (Å²) in [6.07, 6.45) is -2.12. The van der Waals surface area contributed by atoms with Gasteiger partial charge in [0.1, 0.15) is 18.5 Å². The molecule has 0 spiro atoms. The van der Waals surface area contributed by atoms with Crippen molar-refractivity contribution < 1.29 is 71.2 Å². The zero-order valence-electron chi connectivity index (χ0n) is 19.6. The summed E-state index contributed by atoms with van der Waals surface area (Å²) in [5, 5.41) is 14.2. The van der Waals surface area contributed by atoms with Crippen LogP contribution in [0.3, 0.4) is 0 Å². The fourth-order valence-corrected chi connectivity index (χ4v) is 4.21. The molecule has 0 aliphatic heterocycles. The van der Waals surface area contributed by atoms with Crippen molar-refractivity contribution in [2.75, 3.05) is 93.5 Å². The number of esters is 1. The molecule has 0 aromatic rings. The van der Waals surface area contributed by atoms with Crippen LogP contribution in [0.25, 0.3) is 0 Å². The number of methoxy groups -OCH3 is 2. The summed E-state index contributed by atoms with van der Waals surface area (Å²) in [4.78, 5) is 35.6. The minimum absolute atomic E-state index is 0.0722. The first-order valence-electron chi connectivity index (χ1n) is 10.4. The van der Waals surface area contributed by atoms with Gasteiger partial charge in [-0.2, -0.15) is 0 Å². The van der Waals surface area contributed by atoms with Gasteiger partial charge in [-0.25, -0.2) is 9.59 Å². The van der Waals surface area contributed by atoms with Crippen molar-refractivity contribution >= 4 is 31.4 Å². The molecule has 0 rings (SSSR count). The summed E-state index contributed by atoms with van der Waals surface area (Å²) in [6, 6.07) is 0. The van der Waals surface area contributed by atoms with Crippen LogP contribution in [0.4, 0.5) is 0 Å². The smallest absolute Gasteiger partial charge is 0.374 e. The number of aliphatic hydroxyl groups is 2. The molecule has 0 aliphatic rings. The highest BCUT2D eigenvalue weighted by molar-refractivity contribution is 7.55. The van der Waals surface area contributed by atoms with Gasteiger partial charge >= 0.3 is 24.9 Å². The van der Waals surface area contributed by atoms with Gasteiger partial charge in [0.25, 0.3) is 0 Å². The Hall–Kier alpha value is -0.940. The normalized spacial score (nSPS) is 15.7. The third-order valence-electron chi connectivity index (χ3n) is 4.08. The second-order valence-electron chi connectivity index (χ2n) is 6.30. The molecule has 0 bridgehead atoms. The van der Waals surface area contributed by atoms with E-state index in [9.17, 15) is 19.0 Å². The largest absolute Gasteiger partial charge is 0.461 e. The van der Waals surface area contributed by atoms with Gasteiger partial charge in [0.05, 0.1) is 72.7 Å². The molecule has 3 atom stereocenters. The van der Waals surface area contributed by atoms with Crippen LogP contribution in [0.15, 0.2) is 0 Å². The highest BCUT2D eigenvalue weighted by Gasteiger charge is 2.67. The van der Waals surface area contributed by atoms with Crippen molar-refractivity contribution in [3.63, 3.8) is 0 Å². The summed E-state index contributed by atoms with van der Waals surface area (Å²) in [7, 11) is -3.36. The minimum Gasteiger partial charge on any atom is -0.461 e. The summed E-state index contributed by atoms with van der Waals surface area (Å²) in [6.45, 7) is -0.451. The number of aliphatic hydroxyl groups excluding tert-OH is 2. The van der Waals surface area contributed by atoms with Gasteiger partial charge in [-0.15, -0.1) is 0 Å². The molecule has 0 saturated carbocycles. The van der Waals surface area contributed by atoms with Crippen molar-refractivity contribution in [3.05, 3.63) is 0 Å². The lowest BCUT2D eigenvalue weighted by molar-refractivity contribution is -0.183. The molecule has 3 N–H and O–H groups in total. The Labute approximate surface area is 208 Å². The van der Waals surface area contributed by atoms with Crippen molar-refractivity contribution in [2.45, 2.75) is 11.4 Å². The molecule has 0 heterocycles. The number of hydrogen-bond donors (Lipinski definition) is 3. The number of ether oxygens (including phenoxy) is 7. The van der Waals surface area contributed by atoms with E-state index < -0.39 is 37.6 Å². The average Bonchev–Trinajstić information content (AvgIpc) is 2.84. The van der Waals surface area contributed by atoms with Crippen LogP contribution in [0, 0.1) is 0 Å². The van der Waals surface area contributed by atoms with E-state index in [1.54, 1.807) is 0 Å². The van der Waals surface area contributed by atoms with E-state index in [1.807, 2.05) is 0 Å². The van der Waals surface area contributed by atoms with E-state index >= 15 is 0 Å². The van der Waals surface area contributed by atoms with E-state index in [0.29, 0.717) is 0 Å². The molecule has 208 valence electrons. The van der Waals surface area contributed by atoms with Crippen LogP contribution in [0.5, 0.6) is 0 Å². The lowest BCUT2D eigenvalue weighted by Gasteiger charge is -2.35. The molecule has 0 aliphatic carbocycles. The highest BCUT2D eigenvalue weighted by atomic mass is 35.5. The maximum Gasteiger partial charge on any atom is 0.374 e. The minimum atomic E-state index is -5.18. The Morgan fingerprint density at radius 3 is 1.71 bits per heavy atom. The average molecular weight is 557 g/mol. The van der Waals surface area contributed by atoms with E-state index in [4.69, 9.17) is 59.8 Å². The zero-order chi connectivity index (χ0) is 26.6. The Kier molecular flexibility index (Phi) is 19.6. The summed E-state index contributed by atoms with van der Waals surface area (Å²) < 4.78 is 57.2. The second-order valence-corrected chi connectivity index (χ2v) is 8.42. The van der Waals surface area contributed by atoms with Crippen molar-refractivity contribution in [1.29, 1.82) is 0 Å². The van der Waals surface area contributed by atoms with Gasteiger partial charge in [0.2, 0.25) is 6.10 Å². The molecule has 17 heteroatoms. The summed E-state index contributed by atoms with van der Waals surface area (Å²) in [5.41, 5.74) is 0. The Morgan fingerprint density at radius 2 is 1.29 bits per heavy atom. The number of carbonyl (C=O) groups is 2. The predicted octanol–water partition coefficient (Wildman–Crippen LogP) is -1.16. The Bertz CT molecular complexity index is 625. The maximum absolute atomic E-state index is 13.0. The molecule has 0 aromatic carbocycles. The first kappa shape index (κ1) is 34.1. The molecular formula is C18H34ClO15P. The molecule has 0 saturated heterocycles. The number of halogens is 1. The molecule has 0 amide bonds. The first-order chi connectivity index (χ1) is 16.8. The fourth-order valence-electron chi connectivity index (χ4n) is 2.51. The van der Waals surface area contributed by atoms with Gasteiger partial charge < -0.3 is 57.1 Å². The van der Waals surface area contributed by atoms with Crippen LogP contribution in [-0.2, 0) is 56.1 Å². The molecule has 3 unspecified atom stereocenters. The number of carbonyl (C=O) groups excluding carboxylic acids is 2. The zero-order valence-corrected chi connectivity index (χ0v) is 21.3. The lowest BCUT2D eigenvalue weighted by atomic mass is 10.2. The van der Waals surface area contributed by atoms with E-state index in [2.05, 4.69) is 4.29 Å². The third kappa shape index (κ3) is 11.8. The monoisotopic (exact) mass is 556 g/mol. The van der Waals surface area contributed by atoms with Crippen LogP contribution in [-0.4, -0.2) is 132 Å². The maximum atomic E-state index is 13.0. The van der Waals surface area contributed by atoms with Gasteiger partial charge in [-0.3, -0.25) is 4.57 Å². The quantitative estimate of drug-likeness (QED) is 0.0773. The standard InChI is InChI=1S/C18H34ClO15P/c1-26-15(16(22)32-13-11-30-9-7-28-5-3-20)18(27-2,17(23)34-19)35(24,25)33-14-12-31-10-8-29-6-4-21/h15,20-21H,3-14H2,1-2H3,(H,24,25). The van der Waals surface area contributed by atoms with E-state index in [1.165, 1.54) is 0 Å². The van der Waals surface area contributed by atoms with Crippen LogP contribution in [0.1, 0.15) is 0 Å². The van der Waals surface area contributed by atoms with Gasteiger partial charge in [0.15, 0.2) is 0 Å². The van der Waals surface area contributed by atoms with E-state index in [0.717, 1.165) is 14.2 Å². The number of hydrogen-bond acceptors (Lipinski definition) is 14. The second kappa shape index (κ2) is 20.2. The SMILES string of the molecule is COC(C(=O)OCCOCCOCCO)C(OC)(C(=O)OCl)P(=O)(O)OCCOCCOCCO. The van der Waals surface area contributed by atoms with Gasteiger partial charge in [-0.1, -0.05) is 0 Å². The van der Waals surface area contributed by atoms with Crippen molar-refractivity contribution in [2.24, 2.45) is 0 Å². The van der Waals surface area contributed by atoms with Gasteiger partial charge in [0, 0.05) is 14.2 Å². The molecule has 35 heavy (non-hydrogen) atoms. The fraction of sp³-hybridized carbons (Fsp3) is 0.889. The third-order valence-corrected chi connectivity index (χ3v) is 6.19. The van der Waals surface area contributed by atoms with Gasteiger partial charge in [-0.05, 0) is 0 Å². The van der Waals surface area contributed by atoms with Crippen molar-refractivity contribution in [3.8, 4) is 0 Å². The van der Waals surface area contributed by atoms with Crippen molar-refractivity contribution in [1.82, 2.24) is 0 Å². The van der Waals surface area contributed by atoms with Crippen LogP contribution >= 0.6 is 19.5 Å².